The maximum atomic E-state index is 11.5. The number of carbonyl (C=O) groups is 1. The van der Waals surface area contributed by atoms with Crippen molar-refractivity contribution in [3.05, 3.63) is 18.6 Å². The number of aromatic nitrogens is 2. The van der Waals surface area contributed by atoms with Gasteiger partial charge in [-0.05, 0) is 19.3 Å². The van der Waals surface area contributed by atoms with Crippen LogP contribution in [0.25, 0.3) is 0 Å². The van der Waals surface area contributed by atoms with Crippen molar-refractivity contribution >= 4 is 17.7 Å². The van der Waals surface area contributed by atoms with Crippen LogP contribution in [0.2, 0.25) is 0 Å². The molecule has 92 valence electrons. The Hall–Kier alpha value is -1.14. The number of methoxy groups -OCH3 is 1. The van der Waals surface area contributed by atoms with Gasteiger partial charge in [-0.1, -0.05) is 0 Å². The summed E-state index contributed by atoms with van der Waals surface area (Å²) in [7, 11) is 1.38. The molecule has 0 aromatic carbocycles. The average Bonchev–Trinajstić information content (AvgIpc) is 2.72. The van der Waals surface area contributed by atoms with Gasteiger partial charge in [0.1, 0.15) is 10.6 Å². The van der Waals surface area contributed by atoms with E-state index in [0.717, 1.165) is 11.4 Å². The molecule has 17 heavy (non-hydrogen) atoms. The summed E-state index contributed by atoms with van der Waals surface area (Å²) >= 11 is 1.62. The molecule has 0 saturated heterocycles. The summed E-state index contributed by atoms with van der Waals surface area (Å²) in [5.41, 5.74) is 5.21. The summed E-state index contributed by atoms with van der Waals surface area (Å²) < 4.78 is 4.73. The highest BCUT2D eigenvalue weighted by atomic mass is 32.2. The molecule has 0 spiro atoms. The normalized spacial score (nSPS) is 28.0. The Bertz CT molecular complexity index is 401. The number of nitrogens with two attached hydrogens (primary N) is 1. The molecular weight excluding hydrogens is 238 g/mol. The molecule has 1 aromatic heterocycles. The van der Waals surface area contributed by atoms with Crippen molar-refractivity contribution in [3.63, 3.8) is 0 Å². The SMILES string of the molecule is COC(=O)C1(N)CCC(Sc2cnccn2)C1. The standard InChI is InChI=1S/C11H15N3O2S/c1-16-10(15)11(12)3-2-8(6-11)17-9-7-13-4-5-14-9/h4-5,7-8H,2-3,6,12H2,1H3. The van der Waals surface area contributed by atoms with Gasteiger partial charge < -0.3 is 10.5 Å². The van der Waals surface area contributed by atoms with Crippen molar-refractivity contribution in [2.75, 3.05) is 7.11 Å². The summed E-state index contributed by atoms with van der Waals surface area (Å²) in [5, 5.41) is 1.17. The number of hydrogen-bond donors (Lipinski definition) is 1. The Morgan fingerprint density at radius 1 is 1.65 bits per heavy atom. The van der Waals surface area contributed by atoms with Crippen molar-refractivity contribution in [3.8, 4) is 0 Å². The monoisotopic (exact) mass is 253 g/mol. The maximum absolute atomic E-state index is 11.5. The van der Waals surface area contributed by atoms with Crippen LogP contribution in [0.3, 0.4) is 0 Å². The molecule has 6 heteroatoms. The number of carbonyl (C=O) groups excluding carboxylic acids is 1. The van der Waals surface area contributed by atoms with Crippen molar-refractivity contribution in [2.24, 2.45) is 5.73 Å². The quantitative estimate of drug-likeness (QED) is 0.809. The Balaban J connectivity index is 1.97. The highest BCUT2D eigenvalue weighted by Gasteiger charge is 2.43. The van der Waals surface area contributed by atoms with Crippen LogP contribution in [0.5, 0.6) is 0 Å². The minimum Gasteiger partial charge on any atom is -0.468 e. The Kier molecular flexibility index (Phi) is 3.63. The summed E-state index contributed by atoms with van der Waals surface area (Å²) in [6.45, 7) is 0. The van der Waals surface area contributed by atoms with Crippen LogP contribution in [-0.4, -0.2) is 33.8 Å². The predicted molar refractivity (Wildman–Crippen MR) is 64.5 cm³/mol. The molecule has 1 aliphatic rings. The van der Waals surface area contributed by atoms with Crippen LogP contribution in [0.15, 0.2) is 23.6 Å². The molecule has 1 fully saturated rings. The molecule has 0 bridgehead atoms. The summed E-state index contributed by atoms with van der Waals surface area (Å²) in [5.74, 6) is -0.320. The Labute approximate surface area is 104 Å². The van der Waals surface area contributed by atoms with E-state index in [0.29, 0.717) is 18.1 Å². The van der Waals surface area contributed by atoms with E-state index in [1.807, 2.05) is 0 Å². The van der Waals surface area contributed by atoms with Crippen LogP contribution < -0.4 is 5.73 Å². The lowest BCUT2D eigenvalue weighted by atomic mass is 10.00. The second-order valence-corrected chi connectivity index (χ2v) is 5.49. The lowest BCUT2D eigenvalue weighted by Crippen LogP contribution is -2.46. The van der Waals surface area contributed by atoms with E-state index in [-0.39, 0.29) is 5.97 Å². The van der Waals surface area contributed by atoms with Crippen LogP contribution in [0.1, 0.15) is 19.3 Å². The van der Waals surface area contributed by atoms with Gasteiger partial charge in [0.2, 0.25) is 0 Å². The fourth-order valence-electron chi connectivity index (χ4n) is 2.04. The zero-order chi connectivity index (χ0) is 12.3. The number of esters is 1. The third kappa shape index (κ3) is 2.76. The van der Waals surface area contributed by atoms with Gasteiger partial charge in [-0.25, -0.2) is 4.98 Å². The number of ether oxygens (including phenoxy) is 1. The molecule has 2 rings (SSSR count). The van der Waals surface area contributed by atoms with Gasteiger partial charge in [-0.15, -0.1) is 11.8 Å². The van der Waals surface area contributed by atoms with E-state index < -0.39 is 5.54 Å². The van der Waals surface area contributed by atoms with Gasteiger partial charge in [0.15, 0.2) is 0 Å². The highest BCUT2D eigenvalue weighted by Crippen LogP contribution is 2.38. The van der Waals surface area contributed by atoms with Gasteiger partial charge in [-0.3, -0.25) is 9.78 Å². The van der Waals surface area contributed by atoms with E-state index in [4.69, 9.17) is 10.5 Å². The Morgan fingerprint density at radius 2 is 2.47 bits per heavy atom. The average molecular weight is 253 g/mol. The first-order valence-corrected chi connectivity index (χ1v) is 6.32. The largest absolute Gasteiger partial charge is 0.468 e. The summed E-state index contributed by atoms with van der Waals surface area (Å²) in [4.78, 5) is 19.8. The Morgan fingerprint density at radius 3 is 3.12 bits per heavy atom. The highest BCUT2D eigenvalue weighted by molar-refractivity contribution is 7.99. The van der Waals surface area contributed by atoms with Gasteiger partial charge in [-0.2, -0.15) is 0 Å². The van der Waals surface area contributed by atoms with Crippen LogP contribution >= 0.6 is 11.8 Å². The van der Waals surface area contributed by atoms with Gasteiger partial charge in [0, 0.05) is 17.6 Å². The maximum Gasteiger partial charge on any atom is 0.325 e. The van der Waals surface area contributed by atoms with E-state index in [9.17, 15) is 4.79 Å². The van der Waals surface area contributed by atoms with E-state index in [1.165, 1.54) is 7.11 Å². The first-order chi connectivity index (χ1) is 8.14. The molecule has 0 radical (unpaired) electrons. The molecule has 1 heterocycles. The number of rotatable bonds is 3. The molecule has 1 aliphatic carbocycles. The summed E-state index contributed by atoms with van der Waals surface area (Å²) in [6.07, 6.45) is 7.21. The lowest BCUT2D eigenvalue weighted by Gasteiger charge is -2.20. The third-order valence-electron chi connectivity index (χ3n) is 2.92. The van der Waals surface area contributed by atoms with Crippen molar-refractivity contribution in [1.82, 2.24) is 9.97 Å². The molecule has 0 amide bonds. The molecule has 0 aliphatic heterocycles. The smallest absolute Gasteiger partial charge is 0.325 e. The number of thioether (sulfide) groups is 1. The van der Waals surface area contributed by atoms with Crippen molar-refractivity contribution in [1.29, 1.82) is 0 Å². The fourth-order valence-corrected chi connectivity index (χ4v) is 3.24. The first kappa shape index (κ1) is 12.3. The number of nitrogens with zero attached hydrogens (tertiary/aromatic N) is 2. The first-order valence-electron chi connectivity index (χ1n) is 5.44. The topological polar surface area (TPSA) is 78.1 Å². The zero-order valence-corrected chi connectivity index (χ0v) is 10.4. The van der Waals surface area contributed by atoms with E-state index >= 15 is 0 Å². The molecule has 1 aromatic rings. The molecule has 2 unspecified atom stereocenters. The molecule has 1 saturated carbocycles. The molecule has 2 atom stereocenters. The van der Waals surface area contributed by atoms with Gasteiger partial charge in [0.05, 0.1) is 13.3 Å². The molecule has 5 nitrogen and oxygen atoms in total. The van der Waals surface area contributed by atoms with Gasteiger partial charge in [0.25, 0.3) is 0 Å². The molecule has 2 N–H and O–H groups in total. The zero-order valence-electron chi connectivity index (χ0n) is 9.63. The van der Waals surface area contributed by atoms with Gasteiger partial charge >= 0.3 is 5.97 Å². The van der Waals surface area contributed by atoms with E-state index in [1.54, 1.807) is 30.4 Å². The van der Waals surface area contributed by atoms with E-state index in [2.05, 4.69) is 9.97 Å². The lowest BCUT2D eigenvalue weighted by molar-refractivity contribution is -0.146. The minimum absolute atomic E-state index is 0.302. The van der Waals surface area contributed by atoms with Crippen LogP contribution in [0.4, 0.5) is 0 Å². The second kappa shape index (κ2) is 5.01. The third-order valence-corrected chi connectivity index (χ3v) is 4.11. The predicted octanol–water partition coefficient (Wildman–Crippen LogP) is 0.992. The van der Waals surface area contributed by atoms with Crippen LogP contribution in [0, 0.1) is 0 Å². The minimum atomic E-state index is -0.825. The number of hydrogen-bond acceptors (Lipinski definition) is 6. The van der Waals surface area contributed by atoms with Crippen molar-refractivity contribution in [2.45, 2.75) is 35.1 Å². The second-order valence-electron chi connectivity index (χ2n) is 4.17. The molecular formula is C11H15N3O2S. The van der Waals surface area contributed by atoms with Crippen LogP contribution in [-0.2, 0) is 9.53 Å². The fraction of sp³-hybridized carbons (Fsp3) is 0.545. The summed E-state index contributed by atoms with van der Waals surface area (Å²) in [6, 6.07) is 0. The van der Waals surface area contributed by atoms with Crippen molar-refractivity contribution < 1.29 is 9.53 Å².